The smallest absolute Gasteiger partial charge is 0.0700 e. The predicted molar refractivity (Wildman–Crippen MR) is 54.8 cm³/mol. The van der Waals surface area contributed by atoms with Crippen molar-refractivity contribution < 1.29 is 9.47 Å². The lowest BCUT2D eigenvalue weighted by atomic mass is 10.1. The molecule has 0 aliphatic rings. The van der Waals surface area contributed by atoms with Crippen molar-refractivity contribution in [2.45, 2.75) is 26.7 Å². The lowest BCUT2D eigenvalue weighted by Crippen LogP contribution is -2.09. The van der Waals surface area contributed by atoms with Crippen LogP contribution in [0.4, 0.5) is 0 Å². The third-order valence-corrected chi connectivity index (χ3v) is 1.70. The Morgan fingerprint density at radius 3 is 2.15 bits per heavy atom. The summed E-state index contributed by atoms with van der Waals surface area (Å²) in [6, 6.07) is 0. The molecule has 0 saturated heterocycles. The summed E-state index contributed by atoms with van der Waals surface area (Å²) < 4.78 is 10.6. The summed E-state index contributed by atoms with van der Waals surface area (Å²) >= 11 is 0. The first-order chi connectivity index (χ1) is 6.27. The highest BCUT2D eigenvalue weighted by Gasteiger charge is 1.93. The maximum absolute atomic E-state index is 5.37. The third kappa shape index (κ3) is 11.9. The molecule has 0 spiro atoms. The van der Waals surface area contributed by atoms with E-state index in [0.717, 1.165) is 32.0 Å². The average molecular weight is 189 g/mol. The van der Waals surface area contributed by atoms with Gasteiger partial charge in [-0.2, -0.15) is 0 Å². The molecule has 2 N–H and O–H groups in total. The van der Waals surface area contributed by atoms with Gasteiger partial charge in [-0.3, -0.25) is 0 Å². The van der Waals surface area contributed by atoms with Crippen LogP contribution in [0.5, 0.6) is 0 Å². The van der Waals surface area contributed by atoms with Crippen LogP contribution in [0.15, 0.2) is 0 Å². The second-order valence-electron chi connectivity index (χ2n) is 3.55. The average Bonchev–Trinajstić information content (AvgIpc) is 2.09. The molecule has 0 fully saturated rings. The number of hydrogen-bond acceptors (Lipinski definition) is 3. The highest BCUT2D eigenvalue weighted by Crippen LogP contribution is 1.98. The summed E-state index contributed by atoms with van der Waals surface area (Å²) in [6.07, 6.45) is 2.06. The van der Waals surface area contributed by atoms with E-state index in [-0.39, 0.29) is 0 Å². The summed E-state index contributed by atoms with van der Waals surface area (Å²) in [5.41, 5.74) is 5.31. The zero-order chi connectivity index (χ0) is 9.94. The molecule has 0 saturated carbocycles. The Labute approximate surface area is 81.6 Å². The topological polar surface area (TPSA) is 44.5 Å². The van der Waals surface area contributed by atoms with E-state index in [1.165, 1.54) is 0 Å². The van der Waals surface area contributed by atoms with Gasteiger partial charge in [-0.25, -0.2) is 0 Å². The van der Waals surface area contributed by atoms with Gasteiger partial charge in [0.05, 0.1) is 13.2 Å². The Hall–Kier alpha value is -0.120. The van der Waals surface area contributed by atoms with Crippen LogP contribution < -0.4 is 5.73 Å². The van der Waals surface area contributed by atoms with E-state index in [0.29, 0.717) is 19.8 Å². The van der Waals surface area contributed by atoms with Gasteiger partial charge in [-0.05, 0) is 25.3 Å². The molecule has 0 bridgehead atoms. The van der Waals surface area contributed by atoms with Crippen molar-refractivity contribution in [1.82, 2.24) is 0 Å². The third-order valence-electron chi connectivity index (χ3n) is 1.70. The molecule has 0 amide bonds. The zero-order valence-corrected chi connectivity index (χ0v) is 8.92. The number of ether oxygens (including phenoxy) is 2. The van der Waals surface area contributed by atoms with Gasteiger partial charge < -0.3 is 15.2 Å². The Balaban J connectivity index is 2.84. The summed E-state index contributed by atoms with van der Waals surface area (Å²) in [6.45, 7) is 8.09. The second kappa shape index (κ2) is 9.96. The van der Waals surface area contributed by atoms with Crippen molar-refractivity contribution in [3.05, 3.63) is 0 Å². The van der Waals surface area contributed by atoms with Gasteiger partial charge in [-0.1, -0.05) is 13.8 Å². The minimum absolute atomic E-state index is 0.693. The van der Waals surface area contributed by atoms with Crippen molar-refractivity contribution in [1.29, 1.82) is 0 Å². The van der Waals surface area contributed by atoms with Crippen LogP contribution in [-0.4, -0.2) is 33.0 Å². The molecule has 0 aromatic rings. The fourth-order valence-corrected chi connectivity index (χ4v) is 0.826. The minimum atomic E-state index is 0.693. The molecule has 0 atom stereocenters. The Kier molecular flexibility index (Phi) is 9.87. The highest BCUT2D eigenvalue weighted by molar-refractivity contribution is 4.42. The van der Waals surface area contributed by atoms with E-state index in [2.05, 4.69) is 13.8 Å². The molecule has 3 heteroatoms. The van der Waals surface area contributed by atoms with Crippen LogP contribution in [0, 0.1) is 5.92 Å². The molecule has 0 aliphatic carbocycles. The Bertz CT molecular complexity index is 96.9. The Morgan fingerprint density at radius 2 is 1.62 bits per heavy atom. The molecule has 0 aromatic heterocycles. The van der Waals surface area contributed by atoms with Crippen molar-refractivity contribution in [3.63, 3.8) is 0 Å². The summed E-state index contributed by atoms with van der Waals surface area (Å²) in [4.78, 5) is 0. The van der Waals surface area contributed by atoms with Crippen molar-refractivity contribution in [2.75, 3.05) is 33.0 Å². The number of hydrogen-bond donors (Lipinski definition) is 1. The summed E-state index contributed by atoms with van der Waals surface area (Å²) in [5, 5.41) is 0. The number of nitrogens with two attached hydrogens (primary N) is 1. The molecule has 0 rings (SSSR count). The quantitative estimate of drug-likeness (QED) is 0.558. The van der Waals surface area contributed by atoms with Crippen LogP contribution in [-0.2, 0) is 9.47 Å². The van der Waals surface area contributed by atoms with Gasteiger partial charge in [-0.15, -0.1) is 0 Å². The maximum atomic E-state index is 5.37. The number of rotatable bonds is 9. The van der Waals surface area contributed by atoms with Crippen LogP contribution >= 0.6 is 0 Å². The molecule has 13 heavy (non-hydrogen) atoms. The Morgan fingerprint density at radius 1 is 1.00 bits per heavy atom. The van der Waals surface area contributed by atoms with Gasteiger partial charge in [0.2, 0.25) is 0 Å². The minimum Gasteiger partial charge on any atom is -0.379 e. The molecule has 0 heterocycles. The first-order valence-corrected chi connectivity index (χ1v) is 5.13. The fourth-order valence-electron chi connectivity index (χ4n) is 0.826. The van der Waals surface area contributed by atoms with Crippen LogP contribution in [0.25, 0.3) is 0 Å². The van der Waals surface area contributed by atoms with Crippen LogP contribution in [0.3, 0.4) is 0 Å². The molecule has 3 nitrogen and oxygen atoms in total. The van der Waals surface area contributed by atoms with Gasteiger partial charge in [0.15, 0.2) is 0 Å². The summed E-state index contributed by atoms with van der Waals surface area (Å²) in [5.74, 6) is 0.721. The van der Waals surface area contributed by atoms with E-state index in [1.54, 1.807) is 0 Å². The lowest BCUT2D eigenvalue weighted by Gasteiger charge is -2.06. The fraction of sp³-hybridized carbons (Fsp3) is 1.00. The SMILES string of the molecule is CC(C)CCOCCOCCCN. The van der Waals surface area contributed by atoms with Gasteiger partial charge in [0, 0.05) is 13.2 Å². The van der Waals surface area contributed by atoms with Gasteiger partial charge in [0.1, 0.15) is 0 Å². The normalized spacial score (nSPS) is 11.1. The lowest BCUT2D eigenvalue weighted by molar-refractivity contribution is 0.0437. The molecule has 0 unspecified atom stereocenters. The maximum Gasteiger partial charge on any atom is 0.0700 e. The molecule has 0 aromatic carbocycles. The van der Waals surface area contributed by atoms with Crippen molar-refractivity contribution in [2.24, 2.45) is 11.7 Å². The van der Waals surface area contributed by atoms with Crippen LogP contribution in [0.1, 0.15) is 26.7 Å². The summed E-state index contributed by atoms with van der Waals surface area (Å²) in [7, 11) is 0. The van der Waals surface area contributed by atoms with Crippen LogP contribution in [0.2, 0.25) is 0 Å². The first kappa shape index (κ1) is 12.9. The molecule has 80 valence electrons. The molecular formula is C10H23NO2. The van der Waals surface area contributed by atoms with E-state index in [1.807, 2.05) is 0 Å². The van der Waals surface area contributed by atoms with E-state index in [9.17, 15) is 0 Å². The van der Waals surface area contributed by atoms with E-state index >= 15 is 0 Å². The van der Waals surface area contributed by atoms with E-state index < -0.39 is 0 Å². The van der Waals surface area contributed by atoms with Crippen molar-refractivity contribution >= 4 is 0 Å². The zero-order valence-electron chi connectivity index (χ0n) is 8.92. The van der Waals surface area contributed by atoms with Gasteiger partial charge >= 0.3 is 0 Å². The molecular weight excluding hydrogens is 166 g/mol. The van der Waals surface area contributed by atoms with Crippen molar-refractivity contribution in [3.8, 4) is 0 Å². The van der Waals surface area contributed by atoms with Gasteiger partial charge in [0.25, 0.3) is 0 Å². The van der Waals surface area contributed by atoms with E-state index in [4.69, 9.17) is 15.2 Å². The molecule has 0 radical (unpaired) electrons. The largest absolute Gasteiger partial charge is 0.379 e. The predicted octanol–water partition coefficient (Wildman–Crippen LogP) is 1.41. The second-order valence-corrected chi connectivity index (χ2v) is 3.55. The highest BCUT2D eigenvalue weighted by atomic mass is 16.5. The first-order valence-electron chi connectivity index (χ1n) is 5.13. The standard InChI is InChI=1S/C10H23NO2/c1-10(2)4-7-13-9-8-12-6-3-5-11/h10H,3-9,11H2,1-2H3. The monoisotopic (exact) mass is 189 g/mol. The molecule has 0 aliphatic heterocycles.